The molecule has 0 aliphatic heterocycles. The number of nitrogens with one attached hydrogen (secondary N) is 2. The van der Waals surface area contributed by atoms with Gasteiger partial charge in [0.05, 0.1) is 0 Å². The highest BCUT2D eigenvalue weighted by molar-refractivity contribution is 7.87. The molecule has 0 saturated carbocycles. The average molecular weight is 280 g/mol. The highest BCUT2D eigenvalue weighted by Gasteiger charge is 2.25. The molecule has 18 heavy (non-hydrogen) atoms. The second-order valence-corrected chi connectivity index (χ2v) is 7.17. The van der Waals surface area contributed by atoms with Crippen LogP contribution >= 0.6 is 0 Å². The van der Waals surface area contributed by atoms with Crippen molar-refractivity contribution in [1.29, 1.82) is 0 Å². The summed E-state index contributed by atoms with van der Waals surface area (Å²) in [5.41, 5.74) is -0.209. The molecule has 0 unspecified atom stereocenters. The van der Waals surface area contributed by atoms with E-state index in [0.717, 1.165) is 13.0 Å². The third-order valence-corrected chi connectivity index (χ3v) is 4.72. The molecule has 0 atom stereocenters. The van der Waals surface area contributed by atoms with E-state index in [0.29, 0.717) is 13.1 Å². The van der Waals surface area contributed by atoms with E-state index in [1.807, 2.05) is 39.9 Å². The molecule has 0 aliphatic rings. The Morgan fingerprint density at radius 1 is 1.17 bits per heavy atom. The molecule has 0 saturated heterocycles. The number of rotatable bonds is 9. The van der Waals surface area contributed by atoms with Crippen molar-refractivity contribution in [2.75, 3.05) is 47.8 Å². The third kappa shape index (κ3) is 6.10. The molecule has 0 radical (unpaired) electrons. The Morgan fingerprint density at radius 3 is 2.17 bits per heavy atom. The molecule has 0 rings (SSSR count). The van der Waals surface area contributed by atoms with Gasteiger partial charge in [-0.15, -0.1) is 0 Å². The van der Waals surface area contributed by atoms with E-state index in [4.69, 9.17) is 0 Å². The Hall–Kier alpha value is -0.210. The molecule has 0 aromatic rings. The lowest BCUT2D eigenvalue weighted by atomic mass is 10.1. The summed E-state index contributed by atoms with van der Waals surface area (Å²) in [6.45, 7) is 5.70. The Labute approximate surface area is 112 Å². The first-order valence-electron chi connectivity index (χ1n) is 6.16. The number of hydrogen-bond acceptors (Lipinski definition) is 4. The molecule has 0 aliphatic carbocycles. The van der Waals surface area contributed by atoms with Gasteiger partial charge < -0.3 is 10.2 Å². The van der Waals surface area contributed by atoms with Gasteiger partial charge in [0.2, 0.25) is 0 Å². The predicted octanol–water partition coefficient (Wildman–Crippen LogP) is -0.298. The van der Waals surface area contributed by atoms with E-state index < -0.39 is 10.2 Å². The number of likely N-dealkylation sites (N-methyl/N-ethyl adjacent to an activating group) is 1. The van der Waals surface area contributed by atoms with Crippen LogP contribution in [0, 0.1) is 0 Å². The lowest BCUT2D eigenvalue weighted by Crippen LogP contribution is -2.50. The van der Waals surface area contributed by atoms with Gasteiger partial charge >= 0.3 is 0 Å². The highest BCUT2D eigenvalue weighted by atomic mass is 32.2. The minimum Gasteiger partial charge on any atom is -0.320 e. The monoisotopic (exact) mass is 280 g/mol. The van der Waals surface area contributed by atoms with Crippen LogP contribution in [0.3, 0.4) is 0 Å². The zero-order chi connectivity index (χ0) is 14.4. The zero-order valence-electron chi connectivity index (χ0n) is 12.4. The molecule has 0 fully saturated rings. The van der Waals surface area contributed by atoms with Crippen LogP contribution in [0.2, 0.25) is 0 Å². The Bertz CT molecular complexity index is 328. The van der Waals surface area contributed by atoms with Crippen LogP contribution in [0.15, 0.2) is 0 Å². The molecular weight excluding hydrogens is 252 g/mol. The highest BCUT2D eigenvalue weighted by Crippen LogP contribution is 2.09. The summed E-state index contributed by atoms with van der Waals surface area (Å²) in [6.07, 6.45) is 0.797. The largest absolute Gasteiger partial charge is 0.320 e. The van der Waals surface area contributed by atoms with Crippen LogP contribution in [-0.2, 0) is 10.2 Å². The standard InChI is InChI=1S/C11H28N4O2S/c1-11(2,14(4)5)10-13-18(16,17)15(6)9-7-8-12-3/h12-13H,7-10H2,1-6H3. The fraction of sp³-hybridized carbons (Fsp3) is 1.00. The van der Waals surface area contributed by atoms with Crippen LogP contribution in [0.1, 0.15) is 20.3 Å². The minimum absolute atomic E-state index is 0.209. The molecule has 2 N–H and O–H groups in total. The van der Waals surface area contributed by atoms with Gasteiger partial charge in [0.15, 0.2) is 0 Å². The number of nitrogens with zero attached hydrogens (tertiary/aromatic N) is 2. The first kappa shape index (κ1) is 17.8. The Balaban J connectivity index is 4.31. The first-order chi connectivity index (χ1) is 8.13. The van der Waals surface area contributed by atoms with Gasteiger partial charge in [-0.2, -0.15) is 12.7 Å². The molecular formula is C11H28N4O2S. The van der Waals surface area contributed by atoms with Gasteiger partial charge in [-0.05, 0) is 48.0 Å². The fourth-order valence-electron chi connectivity index (χ4n) is 1.13. The Morgan fingerprint density at radius 2 is 1.72 bits per heavy atom. The molecule has 0 bridgehead atoms. The molecule has 0 spiro atoms. The van der Waals surface area contributed by atoms with E-state index in [2.05, 4.69) is 10.0 Å². The molecule has 110 valence electrons. The van der Waals surface area contributed by atoms with Crippen molar-refractivity contribution in [3.8, 4) is 0 Å². The molecule has 0 aromatic heterocycles. The van der Waals surface area contributed by atoms with Gasteiger partial charge in [0, 0.05) is 25.7 Å². The van der Waals surface area contributed by atoms with Crippen LogP contribution in [-0.4, -0.2) is 71.0 Å². The average Bonchev–Trinajstić information content (AvgIpc) is 2.26. The summed E-state index contributed by atoms with van der Waals surface area (Å²) in [6, 6.07) is 0. The summed E-state index contributed by atoms with van der Waals surface area (Å²) in [5, 5.41) is 3.00. The van der Waals surface area contributed by atoms with Gasteiger partial charge in [0.1, 0.15) is 0 Å². The van der Waals surface area contributed by atoms with Gasteiger partial charge in [-0.1, -0.05) is 0 Å². The third-order valence-electron chi connectivity index (χ3n) is 3.21. The zero-order valence-corrected chi connectivity index (χ0v) is 13.3. The Kier molecular flexibility index (Phi) is 7.31. The molecule has 6 nitrogen and oxygen atoms in total. The minimum atomic E-state index is -3.38. The fourth-order valence-corrected chi connectivity index (χ4v) is 2.26. The van der Waals surface area contributed by atoms with Crippen molar-refractivity contribution in [3.05, 3.63) is 0 Å². The summed E-state index contributed by atoms with van der Waals surface area (Å²) < 4.78 is 27.9. The lowest BCUT2D eigenvalue weighted by molar-refractivity contribution is 0.198. The second kappa shape index (κ2) is 7.40. The van der Waals surface area contributed by atoms with Crippen LogP contribution in [0.4, 0.5) is 0 Å². The lowest BCUT2D eigenvalue weighted by Gasteiger charge is -2.33. The van der Waals surface area contributed by atoms with E-state index >= 15 is 0 Å². The summed E-state index contributed by atoms with van der Waals surface area (Å²) in [5.74, 6) is 0. The van der Waals surface area contributed by atoms with Crippen molar-refractivity contribution in [1.82, 2.24) is 19.2 Å². The summed E-state index contributed by atoms with van der Waals surface area (Å²) in [7, 11) is 3.94. The predicted molar refractivity (Wildman–Crippen MR) is 75.9 cm³/mol. The summed E-state index contributed by atoms with van der Waals surface area (Å²) >= 11 is 0. The molecule has 0 amide bonds. The molecule has 7 heteroatoms. The normalized spacial score (nSPS) is 13.6. The first-order valence-corrected chi connectivity index (χ1v) is 7.60. The van der Waals surface area contributed by atoms with Crippen molar-refractivity contribution in [2.24, 2.45) is 0 Å². The smallest absolute Gasteiger partial charge is 0.279 e. The maximum absolute atomic E-state index is 12.0. The van der Waals surface area contributed by atoms with Gasteiger partial charge in [-0.25, -0.2) is 4.72 Å². The molecule has 0 aromatic carbocycles. The quantitative estimate of drug-likeness (QED) is 0.569. The maximum Gasteiger partial charge on any atom is 0.279 e. The summed E-state index contributed by atoms with van der Waals surface area (Å²) in [4.78, 5) is 2.00. The van der Waals surface area contributed by atoms with E-state index in [1.165, 1.54) is 4.31 Å². The van der Waals surface area contributed by atoms with Crippen LogP contribution in [0.5, 0.6) is 0 Å². The SMILES string of the molecule is CNCCCN(C)S(=O)(=O)NCC(C)(C)N(C)C. The van der Waals surface area contributed by atoms with Crippen molar-refractivity contribution in [3.63, 3.8) is 0 Å². The molecule has 0 heterocycles. The topological polar surface area (TPSA) is 64.7 Å². The van der Waals surface area contributed by atoms with Gasteiger partial charge in [0.25, 0.3) is 10.2 Å². The van der Waals surface area contributed by atoms with Crippen molar-refractivity contribution < 1.29 is 8.42 Å². The van der Waals surface area contributed by atoms with Crippen molar-refractivity contribution >= 4 is 10.2 Å². The van der Waals surface area contributed by atoms with Crippen LogP contribution in [0.25, 0.3) is 0 Å². The van der Waals surface area contributed by atoms with E-state index in [-0.39, 0.29) is 5.54 Å². The van der Waals surface area contributed by atoms with Gasteiger partial charge in [-0.3, -0.25) is 0 Å². The van der Waals surface area contributed by atoms with E-state index in [1.54, 1.807) is 7.05 Å². The van der Waals surface area contributed by atoms with E-state index in [9.17, 15) is 8.42 Å². The maximum atomic E-state index is 12.0. The second-order valence-electron chi connectivity index (χ2n) is 5.31. The number of hydrogen-bond donors (Lipinski definition) is 2. The van der Waals surface area contributed by atoms with Crippen LogP contribution < -0.4 is 10.0 Å². The van der Waals surface area contributed by atoms with Crippen molar-refractivity contribution in [2.45, 2.75) is 25.8 Å².